The first-order chi connectivity index (χ1) is 10.8. The molecule has 1 aliphatic heterocycles. The first kappa shape index (κ1) is 17.6. The first-order valence-corrected chi connectivity index (χ1v) is 8.74. The number of carbonyl (C=O) groups excluding carboxylic acids is 1. The van der Waals surface area contributed by atoms with Crippen LogP contribution in [0.25, 0.3) is 0 Å². The summed E-state index contributed by atoms with van der Waals surface area (Å²) in [5.74, 6) is -0.0204. The largest absolute Gasteiger partial charge is 0.379 e. The van der Waals surface area contributed by atoms with Crippen molar-refractivity contribution in [3.8, 4) is 0 Å². The van der Waals surface area contributed by atoms with E-state index in [0.717, 1.165) is 0 Å². The second-order valence-corrected chi connectivity index (χ2v) is 7.72. The van der Waals surface area contributed by atoms with Crippen LogP contribution < -0.4 is 10.6 Å². The third kappa shape index (κ3) is 4.36. The van der Waals surface area contributed by atoms with Gasteiger partial charge in [0.1, 0.15) is 5.82 Å². The minimum absolute atomic E-state index is 0.00141. The summed E-state index contributed by atoms with van der Waals surface area (Å²) in [6.07, 6.45) is 0. The average Bonchev–Trinajstić information content (AvgIpc) is 2.93. The number of nitrogens with zero attached hydrogens (tertiary/aromatic N) is 3. The van der Waals surface area contributed by atoms with E-state index in [2.05, 4.69) is 20.8 Å². The Bertz CT molecular complexity index is 647. The molecule has 2 atom stereocenters. The zero-order chi connectivity index (χ0) is 17.0. The highest BCUT2D eigenvalue weighted by atomic mass is 32.2. The van der Waals surface area contributed by atoms with Gasteiger partial charge in [-0.15, -0.1) is 10.2 Å². The predicted octanol–water partition coefficient (Wildman–Crippen LogP) is -0.845. The second kappa shape index (κ2) is 7.20. The van der Waals surface area contributed by atoms with Gasteiger partial charge >= 0.3 is 0 Å². The average molecular weight is 343 g/mol. The minimum atomic E-state index is -3.30. The molecule has 0 radical (unpaired) electrons. The summed E-state index contributed by atoms with van der Waals surface area (Å²) in [5.41, 5.74) is 0.215. The highest BCUT2D eigenvalue weighted by molar-refractivity contribution is 7.89. The lowest BCUT2D eigenvalue weighted by Crippen LogP contribution is -2.37. The van der Waals surface area contributed by atoms with Crippen molar-refractivity contribution in [2.75, 3.05) is 45.4 Å². The molecule has 0 unspecified atom stereocenters. The van der Waals surface area contributed by atoms with Crippen LogP contribution in [0.1, 0.15) is 10.5 Å². The zero-order valence-electron chi connectivity index (χ0n) is 13.3. The maximum Gasteiger partial charge on any atom is 0.271 e. The van der Waals surface area contributed by atoms with Crippen LogP contribution in [0.5, 0.6) is 0 Å². The lowest BCUT2D eigenvalue weighted by Gasteiger charge is -2.21. The summed E-state index contributed by atoms with van der Waals surface area (Å²) in [6.45, 7) is 0.765. The monoisotopic (exact) mass is 343 g/mol. The van der Waals surface area contributed by atoms with Gasteiger partial charge in [0.05, 0.1) is 25.0 Å². The van der Waals surface area contributed by atoms with E-state index in [1.807, 2.05) is 0 Å². The van der Waals surface area contributed by atoms with E-state index in [1.165, 1.54) is 25.4 Å². The SMILES string of the molecule is CNC(=O)c1ccc(N[C@H]2COC[C@H]2CS(=O)(=O)N(C)C)nn1. The Balaban J connectivity index is 2.02. The molecule has 0 bridgehead atoms. The molecule has 2 N–H and O–H groups in total. The van der Waals surface area contributed by atoms with Crippen molar-refractivity contribution in [3.63, 3.8) is 0 Å². The van der Waals surface area contributed by atoms with Crippen LogP contribution in [-0.2, 0) is 14.8 Å². The van der Waals surface area contributed by atoms with Gasteiger partial charge in [-0.2, -0.15) is 0 Å². The molecule has 1 aromatic rings. The van der Waals surface area contributed by atoms with Gasteiger partial charge in [0.15, 0.2) is 5.69 Å². The zero-order valence-corrected chi connectivity index (χ0v) is 14.1. The number of ether oxygens (including phenoxy) is 1. The van der Waals surface area contributed by atoms with Crippen LogP contribution >= 0.6 is 0 Å². The fourth-order valence-electron chi connectivity index (χ4n) is 2.19. The van der Waals surface area contributed by atoms with Crippen LogP contribution in [0.4, 0.5) is 5.82 Å². The molecule has 9 nitrogen and oxygen atoms in total. The minimum Gasteiger partial charge on any atom is -0.379 e. The molecule has 1 saturated heterocycles. The molecule has 1 fully saturated rings. The van der Waals surface area contributed by atoms with Crippen molar-refractivity contribution in [1.82, 2.24) is 19.8 Å². The topological polar surface area (TPSA) is 114 Å². The van der Waals surface area contributed by atoms with Crippen LogP contribution in [-0.4, -0.2) is 75.0 Å². The number of rotatable bonds is 6. The Morgan fingerprint density at radius 1 is 1.35 bits per heavy atom. The number of hydrogen-bond donors (Lipinski definition) is 2. The van der Waals surface area contributed by atoms with Crippen molar-refractivity contribution in [2.24, 2.45) is 5.92 Å². The van der Waals surface area contributed by atoms with E-state index < -0.39 is 10.0 Å². The summed E-state index contributed by atoms with van der Waals surface area (Å²) < 4.78 is 30.6. The van der Waals surface area contributed by atoms with E-state index >= 15 is 0 Å². The van der Waals surface area contributed by atoms with Crippen molar-refractivity contribution in [2.45, 2.75) is 6.04 Å². The summed E-state index contributed by atoms with van der Waals surface area (Å²) in [5, 5.41) is 13.4. The molecule has 1 amide bonds. The van der Waals surface area contributed by atoms with Crippen LogP contribution in [0.15, 0.2) is 12.1 Å². The van der Waals surface area contributed by atoms with Crippen molar-refractivity contribution in [1.29, 1.82) is 0 Å². The summed E-state index contributed by atoms with van der Waals surface area (Å²) in [6, 6.07) is 3.01. The fraction of sp³-hybridized carbons (Fsp3) is 0.615. The Kier molecular flexibility index (Phi) is 5.50. The van der Waals surface area contributed by atoms with Gasteiger partial charge in [0.25, 0.3) is 5.91 Å². The highest BCUT2D eigenvalue weighted by Gasteiger charge is 2.33. The van der Waals surface area contributed by atoms with E-state index in [0.29, 0.717) is 19.0 Å². The van der Waals surface area contributed by atoms with E-state index in [4.69, 9.17) is 4.74 Å². The Morgan fingerprint density at radius 3 is 2.65 bits per heavy atom. The molecular formula is C13H21N5O4S. The molecule has 0 aliphatic carbocycles. The van der Waals surface area contributed by atoms with Gasteiger partial charge in [-0.05, 0) is 12.1 Å². The number of hydrogen-bond acceptors (Lipinski definition) is 7. The smallest absolute Gasteiger partial charge is 0.271 e. The lowest BCUT2D eigenvalue weighted by atomic mass is 10.1. The predicted molar refractivity (Wildman–Crippen MR) is 84.6 cm³/mol. The number of aromatic nitrogens is 2. The normalized spacial score (nSPS) is 21.4. The molecule has 0 saturated carbocycles. The van der Waals surface area contributed by atoms with Crippen LogP contribution in [0, 0.1) is 5.92 Å². The number of amides is 1. The lowest BCUT2D eigenvalue weighted by molar-refractivity contribution is 0.0957. The molecule has 128 valence electrons. The molecule has 1 aliphatic rings. The van der Waals surface area contributed by atoms with Gasteiger partial charge in [0, 0.05) is 27.1 Å². The van der Waals surface area contributed by atoms with Gasteiger partial charge < -0.3 is 15.4 Å². The quantitative estimate of drug-likeness (QED) is 0.692. The number of sulfonamides is 1. The fourth-order valence-corrected chi connectivity index (χ4v) is 3.36. The number of nitrogens with one attached hydrogen (secondary N) is 2. The first-order valence-electron chi connectivity index (χ1n) is 7.14. The maximum atomic E-state index is 12.0. The molecule has 10 heteroatoms. The third-order valence-corrected chi connectivity index (χ3v) is 5.60. The summed E-state index contributed by atoms with van der Waals surface area (Å²) in [7, 11) is 1.23. The van der Waals surface area contributed by atoms with Crippen molar-refractivity contribution < 1.29 is 17.9 Å². The molecule has 1 aromatic heterocycles. The van der Waals surface area contributed by atoms with Crippen molar-refractivity contribution >= 4 is 21.7 Å². The molecule has 2 heterocycles. The Labute approximate surface area is 135 Å². The Hall–Kier alpha value is -1.78. The van der Waals surface area contributed by atoms with Crippen LogP contribution in [0.2, 0.25) is 0 Å². The molecule has 0 aromatic carbocycles. The van der Waals surface area contributed by atoms with Crippen LogP contribution in [0.3, 0.4) is 0 Å². The second-order valence-electron chi connectivity index (χ2n) is 5.49. The summed E-state index contributed by atoms with van der Waals surface area (Å²) in [4.78, 5) is 11.4. The number of anilines is 1. The number of carbonyl (C=O) groups is 1. The van der Waals surface area contributed by atoms with E-state index in [9.17, 15) is 13.2 Å². The van der Waals surface area contributed by atoms with Gasteiger partial charge in [-0.25, -0.2) is 12.7 Å². The maximum absolute atomic E-state index is 12.0. The van der Waals surface area contributed by atoms with E-state index in [1.54, 1.807) is 12.1 Å². The van der Waals surface area contributed by atoms with Crippen molar-refractivity contribution in [3.05, 3.63) is 17.8 Å². The molecule has 2 rings (SSSR count). The van der Waals surface area contributed by atoms with E-state index in [-0.39, 0.29) is 29.3 Å². The van der Waals surface area contributed by atoms with Gasteiger partial charge in [0.2, 0.25) is 10.0 Å². The van der Waals surface area contributed by atoms with Gasteiger partial charge in [-0.1, -0.05) is 0 Å². The Morgan fingerprint density at radius 2 is 2.09 bits per heavy atom. The molecule has 0 spiro atoms. The van der Waals surface area contributed by atoms with Gasteiger partial charge in [-0.3, -0.25) is 4.79 Å². The standard InChI is InChI=1S/C13H21N5O4S/c1-14-13(19)10-4-5-12(17-16-10)15-11-7-22-6-9(11)8-23(20,21)18(2)3/h4-5,9,11H,6-8H2,1-3H3,(H,14,19)(H,15,17)/t9-,11-/m0/s1. The third-order valence-electron chi connectivity index (χ3n) is 3.64. The molecular weight excluding hydrogens is 322 g/mol. The molecule has 23 heavy (non-hydrogen) atoms. The summed E-state index contributed by atoms with van der Waals surface area (Å²) >= 11 is 0. The highest BCUT2D eigenvalue weighted by Crippen LogP contribution is 2.20.